The minimum absolute atomic E-state index is 0.151. The van der Waals surface area contributed by atoms with E-state index in [1.54, 1.807) is 0 Å². The first-order valence-electron chi connectivity index (χ1n) is 8.82. The predicted molar refractivity (Wildman–Crippen MR) is 111 cm³/mol. The molecule has 0 bridgehead atoms. The highest BCUT2D eigenvalue weighted by Gasteiger charge is 2.20. The molecule has 7 heteroatoms. The van der Waals surface area contributed by atoms with Gasteiger partial charge in [0.25, 0.3) is 0 Å². The normalized spacial score (nSPS) is 13.3. The van der Waals surface area contributed by atoms with E-state index >= 15 is 0 Å². The Bertz CT molecular complexity index is 956. The second-order valence-electron chi connectivity index (χ2n) is 6.49. The van der Waals surface area contributed by atoms with Crippen LogP contribution in [-0.4, -0.2) is 33.3 Å². The van der Waals surface area contributed by atoms with Gasteiger partial charge in [0, 0.05) is 18.8 Å². The van der Waals surface area contributed by atoms with E-state index in [1.165, 1.54) is 39.8 Å². The van der Waals surface area contributed by atoms with Gasteiger partial charge < -0.3 is 10.2 Å². The second kappa shape index (κ2) is 8.10. The van der Waals surface area contributed by atoms with Crippen LogP contribution in [0.3, 0.4) is 0 Å². The third kappa shape index (κ3) is 4.48. The Morgan fingerprint density at radius 3 is 2.89 bits per heavy atom. The van der Waals surface area contributed by atoms with Crippen molar-refractivity contribution in [1.82, 2.24) is 15.1 Å². The van der Waals surface area contributed by atoms with Crippen molar-refractivity contribution in [2.24, 2.45) is 0 Å². The number of aromatic nitrogens is 2. The molecule has 0 unspecified atom stereocenters. The number of fused-ring (bicyclic) bond motifs is 1. The topological polar surface area (TPSA) is 58.1 Å². The molecule has 0 atom stereocenters. The van der Waals surface area contributed by atoms with E-state index in [9.17, 15) is 4.79 Å². The summed E-state index contributed by atoms with van der Waals surface area (Å²) in [5.74, 6) is 0.541. The number of carbonyl (C=O) groups is 1. The highest BCUT2D eigenvalue weighted by molar-refractivity contribution is 8.01. The van der Waals surface area contributed by atoms with E-state index in [1.807, 2.05) is 23.1 Å². The Morgan fingerprint density at radius 2 is 2.04 bits per heavy atom. The van der Waals surface area contributed by atoms with Gasteiger partial charge in [0.15, 0.2) is 4.34 Å². The van der Waals surface area contributed by atoms with Crippen LogP contribution in [0.4, 0.5) is 10.8 Å². The van der Waals surface area contributed by atoms with Crippen molar-refractivity contribution in [3.63, 3.8) is 0 Å². The summed E-state index contributed by atoms with van der Waals surface area (Å²) in [5.41, 5.74) is 4.78. The maximum atomic E-state index is 12.6. The van der Waals surface area contributed by atoms with Gasteiger partial charge in [-0.25, -0.2) is 0 Å². The molecule has 0 radical (unpaired) electrons. The van der Waals surface area contributed by atoms with Crippen molar-refractivity contribution in [3.05, 3.63) is 65.2 Å². The van der Waals surface area contributed by atoms with E-state index in [4.69, 9.17) is 0 Å². The monoisotopic (exact) mass is 396 g/mol. The molecule has 4 rings (SSSR count). The molecule has 1 N–H and O–H groups in total. The Kier molecular flexibility index (Phi) is 5.40. The number of benzene rings is 2. The van der Waals surface area contributed by atoms with Crippen molar-refractivity contribution in [1.29, 1.82) is 0 Å². The molecule has 3 aromatic rings. The Labute approximate surface area is 166 Å². The van der Waals surface area contributed by atoms with Crippen LogP contribution >= 0.6 is 23.1 Å². The number of nitrogens with one attached hydrogen (secondary N) is 1. The summed E-state index contributed by atoms with van der Waals surface area (Å²) in [6, 6.07) is 16.5. The van der Waals surface area contributed by atoms with E-state index in [0.717, 1.165) is 28.1 Å². The van der Waals surface area contributed by atoms with Crippen LogP contribution in [0.25, 0.3) is 0 Å². The maximum absolute atomic E-state index is 12.6. The van der Waals surface area contributed by atoms with Gasteiger partial charge in [0.05, 0.1) is 5.75 Å². The fourth-order valence-electron chi connectivity index (χ4n) is 3.09. The van der Waals surface area contributed by atoms with Crippen LogP contribution in [-0.2, 0) is 17.8 Å². The van der Waals surface area contributed by atoms with E-state index in [0.29, 0.717) is 12.3 Å². The SMILES string of the molecule is Cc1cccc(Nc2nnc(SCC(=O)N3CCc4ccccc4C3)s2)c1. The number of thioether (sulfide) groups is 1. The molecular formula is C20H20N4OS2. The average Bonchev–Trinajstić information content (AvgIpc) is 3.13. The number of anilines is 2. The van der Waals surface area contributed by atoms with Gasteiger partial charge in [-0.1, -0.05) is 59.5 Å². The van der Waals surface area contributed by atoms with Crippen LogP contribution < -0.4 is 5.32 Å². The number of amides is 1. The lowest BCUT2D eigenvalue weighted by molar-refractivity contribution is -0.129. The quantitative estimate of drug-likeness (QED) is 0.653. The van der Waals surface area contributed by atoms with E-state index in [2.05, 4.69) is 52.8 Å². The number of hydrogen-bond acceptors (Lipinski definition) is 6. The largest absolute Gasteiger partial charge is 0.337 e. The Balaban J connectivity index is 1.32. The van der Waals surface area contributed by atoms with Gasteiger partial charge in [0.1, 0.15) is 0 Å². The third-order valence-corrected chi connectivity index (χ3v) is 6.44. The fraction of sp³-hybridized carbons (Fsp3) is 0.250. The zero-order chi connectivity index (χ0) is 18.6. The first kappa shape index (κ1) is 18.0. The van der Waals surface area contributed by atoms with Crippen molar-refractivity contribution < 1.29 is 4.79 Å². The summed E-state index contributed by atoms with van der Waals surface area (Å²) < 4.78 is 0.802. The minimum atomic E-state index is 0.151. The molecule has 2 aromatic carbocycles. The Morgan fingerprint density at radius 1 is 1.19 bits per heavy atom. The van der Waals surface area contributed by atoms with E-state index < -0.39 is 0 Å². The standard InChI is InChI=1S/C20H20N4OS2/c1-14-5-4-8-17(11-14)21-19-22-23-20(27-19)26-13-18(25)24-10-9-15-6-2-3-7-16(15)12-24/h2-8,11H,9-10,12-13H2,1H3,(H,21,22). The molecular weight excluding hydrogens is 376 g/mol. The number of hydrogen-bond donors (Lipinski definition) is 1. The lowest BCUT2D eigenvalue weighted by Gasteiger charge is -2.28. The lowest BCUT2D eigenvalue weighted by Crippen LogP contribution is -2.37. The zero-order valence-electron chi connectivity index (χ0n) is 15.0. The van der Waals surface area contributed by atoms with Crippen LogP contribution in [0.15, 0.2) is 52.9 Å². The predicted octanol–water partition coefficient (Wildman–Crippen LogP) is 4.27. The average molecular weight is 397 g/mol. The van der Waals surface area contributed by atoms with Gasteiger partial charge in [0.2, 0.25) is 11.0 Å². The molecule has 1 aromatic heterocycles. The molecule has 0 saturated carbocycles. The number of nitrogens with zero attached hydrogens (tertiary/aromatic N) is 3. The molecule has 1 amide bonds. The van der Waals surface area contributed by atoms with Gasteiger partial charge in [-0.05, 0) is 42.2 Å². The van der Waals surface area contributed by atoms with Crippen LogP contribution in [0.1, 0.15) is 16.7 Å². The summed E-state index contributed by atoms with van der Waals surface area (Å²) >= 11 is 2.92. The lowest BCUT2D eigenvalue weighted by atomic mass is 10.00. The fourth-order valence-corrected chi connectivity index (χ4v) is 4.76. The highest BCUT2D eigenvalue weighted by atomic mass is 32.2. The van der Waals surface area contributed by atoms with Crippen LogP contribution in [0.2, 0.25) is 0 Å². The molecule has 5 nitrogen and oxygen atoms in total. The van der Waals surface area contributed by atoms with Crippen molar-refractivity contribution in [3.8, 4) is 0 Å². The second-order valence-corrected chi connectivity index (χ2v) is 8.69. The van der Waals surface area contributed by atoms with Gasteiger partial charge in [-0.3, -0.25) is 4.79 Å². The Hall–Kier alpha value is -2.38. The van der Waals surface area contributed by atoms with E-state index in [-0.39, 0.29) is 5.91 Å². The van der Waals surface area contributed by atoms with Crippen LogP contribution in [0, 0.1) is 6.92 Å². The van der Waals surface area contributed by atoms with Gasteiger partial charge in [-0.15, -0.1) is 10.2 Å². The number of rotatable bonds is 5. The molecule has 0 fully saturated rings. The van der Waals surface area contributed by atoms with Crippen LogP contribution in [0.5, 0.6) is 0 Å². The van der Waals surface area contributed by atoms with Gasteiger partial charge >= 0.3 is 0 Å². The molecule has 0 aliphatic carbocycles. The summed E-state index contributed by atoms with van der Waals surface area (Å²) in [7, 11) is 0. The summed E-state index contributed by atoms with van der Waals surface area (Å²) in [6.07, 6.45) is 0.927. The smallest absolute Gasteiger partial charge is 0.233 e. The number of aryl methyl sites for hydroxylation is 1. The molecule has 1 aliphatic rings. The maximum Gasteiger partial charge on any atom is 0.233 e. The summed E-state index contributed by atoms with van der Waals surface area (Å²) in [4.78, 5) is 14.5. The molecule has 0 saturated heterocycles. The molecule has 27 heavy (non-hydrogen) atoms. The van der Waals surface area contributed by atoms with Crippen molar-refractivity contribution in [2.45, 2.75) is 24.2 Å². The van der Waals surface area contributed by atoms with Gasteiger partial charge in [-0.2, -0.15) is 0 Å². The molecule has 2 heterocycles. The first-order chi connectivity index (χ1) is 13.2. The third-order valence-electron chi connectivity index (χ3n) is 4.48. The molecule has 1 aliphatic heterocycles. The summed E-state index contributed by atoms with van der Waals surface area (Å²) in [6.45, 7) is 3.54. The molecule has 138 valence electrons. The summed E-state index contributed by atoms with van der Waals surface area (Å²) in [5, 5.41) is 12.4. The zero-order valence-corrected chi connectivity index (χ0v) is 16.6. The van der Waals surface area contributed by atoms with Crippen molar-refractivity contribution >= 4 is 39.8 Å². The van der Waals surface area contributed by atoms with Crippen molar-refractivity contribution in [2.75, 3.05) is 17.6 Å². The highest BCUT2D eigenvalue weighted by Crippen LogP contribution is 2.28. The minimum Gasteiger partial charge on any atom is -0.337 e. The first-order valence-corrected chi connectivity index (χ1v) is 10.6. The molecule has 0 spiro atoms. The number of carbonyl (C=O) groups excluding carboxylic acids is 1.